The van der Waals surface area contributed by atoms with Crippen molar-refractivity contribution in [2.45, 2.75) is 19.8 Å². The van der Waals surface area contributed by atoms with Crippen molar-refractivity contribution in [1.29, 1.82) is 0 Å². The maximum absolute atomic E-state index is 12.0. The van der Waals surface area contributed by atoms with Gasteiger partial charge in [-0.15, -0.1) is 0 Å². The number of hydrogen-bond donors (Lipinski definition) is 0. The molecule has 2 aromatic rings. The number of hydrogen-bond acceptors (Lipinski definition) is 5. The highest BCUT2D eigenvalue weighted by Crippen LogP contribution is 2.25. The van der Waals surface area contributed by atoms with E-state index in [1.54, 1.807) is 38.3 Å². The largest absolute Gasteiger partial charge is 0.465 e. The first-order chi connectivity index (χ1) is 9.67. The highest BCUT2D eigenvalue weighted by atomic mass is 16.6. The molecule has 0 unspecified atom stereocenters. The molecule has 0 amide bonds. The van der Waals surface area contributed by atoms with Crippen LogP contribution in [0.5, 0.6) is 0 Å². The van der Waals surface area contributed by atoms with Crippen LogP contribution >= 0.6 is 0 Å². The van der Waals surface area contributed by atoms with E-state index in [1.807, 2.05) is 6.07 Å². The molecule has 0 radical (unpaired) electrons. The molecular weight excluding hydrogens is 260 g/mol. The molecule has 0 spiro atoms. The molecule has 0 saturated heterocycles. The van der Waals surface area contributed by atoms with Gasteiger partial charge in [0.05, 0.1) is 19.5 Å². The van der Waals surface area contributed by atoms with Crippen molar-refractivity contribution in [3.05, 3.63) is 36.1 Å². The minimum atomic E-state index is -1.08. The summed E-state index contributed by atoms with van der Waals surface area (Å²) < 4.78 is 15.2. The number of esters is 2. The number of fused-ring (bicyclic) bond motifs is 1. The van der Waals surface area contributed by atoms with Gasteiger partial charge >= 0.3 is 11.9 Å². The summed E-state index contributed by atoms with van der Waals surface area (Å²) in [7, 11) is 0. The second kappa shape index (κ2) is 6.23. The summed E-state index contributed by atoms with van der Waals surface area (Å²) in [5, 5.41) is 0.903. The summed E-state index contributed by atoms with van der Waals surface area (Å²) in [4.78, 5) is 24.0. The minimum Gasteiger partial charge on any atom is -0.465 e. The van der Waals surface area contributed by atoms with Crippen LogP contribution in [-0.4, -0.2) is 25.2 Å². The smallest absolute Gasteiger partial charge is 0.324 e. The number of rotatable bonds is 5. The van der Waals surface area contributed by atoms with E-state index in [9.17, 15) is 9.59 Å². The first-order valence-corrected chi connectivity index (χ1v) is 6.47. The fourth-order valence-electron chi connectivity index (χ4n) is 1.97. The third-order valence-corrected chi connectivity index (χ3v) is 2.86. The molecule has 1 aromatic carbocycles. The van der Waals surface area contributed by atoms with Crippen LogP contribution in [-0.2, 0) is 19.1 Å². The zero-order valence-electron chi connectivity index (χ0n) is 11.4. The van der Waals surface area contributed by atoms with Gasteiger partial charge in [-0.05, 0) is 31.5 Å². The van der Waals surface area contributed by atoms with E-state index < -0.39 is 17.9 Å². The van der Waals surface area contributed by atoms with Crippen LogP contribution in [0.2, 0.25) is 0 Å². The molecule has 0 atom stereocenters. The van der Waals surface area contributed by atoms with Crippen molar-refractivity contribution in [3.63, 3.8) is 0 Å². The van der Waals surface area contributed by atoms with Gasteiger partial charge in [-0.25, -0.2) is 0 Å². The number of furan rings is 1. The maximum Gasteiger partial charge on any atom is 0.324 e. The first kappa shape index (κ1) is 14.1. The Kier molecular flexibility index (Phi) is 4.40. The summed E-state index contributed by atoms with van der Waals surface area (Å²) in [6.45, 7) is 3.79. The van der Waals surface area contributed by atoms with E-state index in [0.717, 1.165) is 5.39 Å². The number of carbonyl (C=O) groups excluding carboxylic acids is 2. The van der Waals surface area contributed by atoms with E-state index in [1.165, 1.54) is 0 Å². The van der Waals surface area contributed by atoms with Gasteiger partial charge in [-0.2, -0.15) is 0 Å². The molecule has 0 N–H and O–H groups in total. The van der Waals surface area contributed by atoms with Gasteiger partial charge in [-0.3, -0.25) is 9.59 Å². The molecule has 2 rings (SSSR count). The molecule has 0 aliphatic heterocycles. The Balaban J connectivity index is 2.37. The summed E-state index contributed by atoms with van der Waals surface area (Å²) in [5.41, 5.74) is 1.12. The molecule has 5 heteroatoms. The Bertz CT molecular complexity index is 596. The fourth-order valence-corrected chi connectivity index (χ4v) is 1.97. The van der Waals surface area contributed by atoms with Gasteiger partial charge in [0.25, 0.3) is 0 Å². The predicted octanol–water partition coefficient (Wildman–Crippen LogP) is 2.64. The van der Waals surface area contributed by atoms with Gasteiger partial charge < -0.3 is 13.9 Å². The minimum absolute atomic E-state index is 0.206. The predicted molar refractivity (Wildman–Crippen MR) is 72.2 cm³/mol. The van der Waals surface area contributed by atoms with Crippen LogP contribution in [0, 0.1) is 0 Å². The van der Waals surface area contributed by atoms with Gasteiger partial charge in [0.1, 0.15) is 5.58 Å². The second-order valence-electron chi connectivity index (χ2n) is 4.15. The molecule has 0 bridgehead atoms. The van der Waals surface area contributed by atoms with Crippen LogP contribution in [0.25, 0.3) is 11.0 Å². The number of ether oxygens (including phenoxy) is 2. The maximum atomic E-state index is 12.0. The Morgan fingerprint density at radius 2 is 1.75 bits per heavy atom. The Labute approximate surface area is 116 Å². The molecule has 1 aromatic heterocycles. The van der Waals surface area contributed by atoms with Crippen LogP contribution in [0.1, 0.15) is 25.3 Å². The quantitative estimate of drug-likeness (QED) is 0.620. The fraction of sp³-hybridized carbons (Fsp3) is 0.333. The third-order valence-electron chi connectivity index (χ3n) is 2.86. The topological polar surface area (TPSA) is 65.7 Å². The Morgan fingerprint density at radius 3 is 2.35 bits per heavy atom. The average Bonchev–Trinajstić information content (AvgIpc) is 2.87. The average molecular weight is 276 g/mol. The lowest BCUT2D eigenvalue weighted by molar-refractivity contribution is -0.156. The van der Waals surface area contributed by atoms with Crippen LogP contribution < -0.4 is 0 Å². The van der Waals surface area contributed by atoms with E-state index in [-0.39, 0.29) is 13.2 Å². The van der Waals surface area contributed by atoms with Crippen LogP contribution in [0.4, 0.5) is 0 Å². The lowest BCUT2D eigenvalue weighted by Gasteiger charge is -2.14. The van der Waals surface area contributed by atoms with Gasteiger partial charge in [0.2, 0.25) is 0 Å². The van der Waals surface area contributed by atoms with Gasteiger partial charge in [0, 0.05) is 5.39 Å². The molecule has 1 heterocycles. The van der Waals surface area contributed by atoms with Gasteiger partial charge in [0.15, 0.2) is 5.92 Å². The number of benzene rings is 1. The molecule has 106 valence electrons. The second-order valence-corrected chi connectivity index (χ2v) is 4.15. The van der Waals surface area contributed by atoms with Gasteiger partial charge in [-0.1, -0.05) is 12.1 Å². The molecule has 0 aliphatic carbocycles. The molecular formula is C15H16O5. The zero-order chi connectivity index (χ0) is 14.5. The van der Waals surface area contributed by atoms with Crippen molar-refractivity contribution in [2.75, 3.05) is 13.2 Å². The van der Waals surface area contributed by atoms with Crippen molar-refractivity contribution >= 4 is 22.9 Å². The monoisotopic (exact) mass is 276 g/mol. The normalized spacial score (nSPS) is 10.8. The number of carbonyl (C=O) groups is 2. The van der Waals surface area contributed by atoms with Crippen molar-refractivity contribution in [1.82, 2.24) is 0 Å². The van der Waals surface area contributed by atoms with Crippen LogP contribution in [0.15, 0.2) is 34.9 Å². The van der Waals surface area contributed by atoms with Crippen molar-refractivity contribution in [2.24, 2.45) is 0 Å². The van der Waals surface area contributed by atoms with E-state index in [0.29, 0.717) is 11.1 Å². The van der Waals surface area contributed by atoms with E-state index in [4.69, 9.17) is 13.9 Å². The Morgan fingerprint density at radius 1 is 1.10 bits per heavy atom. The van der Waals surface area contributed by atoms with Crippen molar-refractivity contribution < 1.29 is 23.5 Å². The Hall–Kier alpha value is -2.30. The van der Waals surface area contributed by atoms with E-state index in [2.05, 4.69) is 0 Å². The third kappa shape index (κ3) is 2.82. The standard InChI is InChI=1S/C15H16O5/c1-3-18-14(16)13(15(17)19-4-2)11-6-5-10-7-8-20-12(10)9-11/h5-9,13H,3-4H2,1-2H3. The van der Waals surface area contributed by atoms with Crippen molar-refractivity contribution in [3.8, 4) is 0 Å². The summed E-state index contributed by atoms with van der Waals surface area (Å²) in [5.74, 6) is -2.31. The SMILES string of the molecule is CCOC(=O)C(C(=O)OCC)c1ccc2ccoc2c1. The molecule has 5 nitrogen and oxygen atoms in total. The highest BCUT2D eigenvalue weighted by molar-refractivity contribution is 6.01. The first-order valence-electron chi connectivity index (χ1n) is 6.47. The molecule has 0 saturated carbocycles. The molecule has 20 heavy (non-hydrogen) atoms. The highest BCUT2D eigenvalue weighted by Gasteiger charge is 2.31. The lowest BCUT2D eigenvalue weighted by Crippen LogP contribution is -2.26. The molecule has 0 fully saturated rings. The summed E-state index contributed by atoms with van der Waals surface area (Å²) >= 11 is 0. The van der Waals surface area contributed by atoms with Crippen LogP contribution in [0.3, 0.4) is 0 Å². The lowest BCUT2D eigenvalue weighted by atomic mass is 9.98. The zero-order valence-corrected chi connectivity index (χ0v) is 11.4. The van der Waals surface area contributed by atoms with E-state index >= 15 is 0 Å². The molecule has 0 aliphatic rings. The summed E-state index contributed by atoms with van der Waals surface area (Å²) in [6, 6.07) is 6.96. The summed E-state index contributed by atoms with van der Waals surface area (Å²) in [6.07, 6.45) is 1.55.